The minimum atomic E-state index is -0.384. The van der Waals surface area contributed by atoms with Crippen molar-refractivity contribution in [2.24, 2.45) is 0 Å². The van der Waals surface area contributed by atoms with Gasteiger partial charge in [0.05, 0.1) is 24.6 Å². The molecule has 1 saturated heterocycles. The molecule has 0 bridgehead atoms. The number of carbonyl (C=O) groups excluding carboxylic acids is 3. The van der Waals surface area contributed by atoms with Crippen LogP contribution in [0.5, 0.6) is 0 Å². The van der Waals surface area contributed by atoms with Crippen LogP contribution in [-0.4, -0.2) is 46.0 Å². The standard InChI is InChI=1S/C24H30N4O4.ClH/c1-4-6-8-21-25-15-19(14-20-22(29)27(13-7-5-2)24(31)26-20)28(21)16-17-9-11-18(12-10-17)23(30)32-3;/h9-12,14-15H,4-8,13,16H2,1-3H3,(H,26,31);1H. The number of unbranched alkanes of at least 4 members (excludes halogenated alkanes) is 2. The van der Waals surface area contributed by atoms with Gasteiger partial charge in [-0.2, -0.15) is 0 Å². The van der Waals surface area contributed by atoms with Gasteiger partial charge in [0, 0.05) is 19.5 Å². The number of benzene rings is 1. The predicted molar refractivity (Wildman–Crippen MR) is 128 cm³/mol. The number of imide groups is 1. The quantitative estimate of drug-likeness (QED) is 0.317. The molecule has 0 aliphatic carbocycles. The molecule has 0 atom stereocenters. The average Bonchev–Trinajstić information content (AvgIpc) is 3.30. The van der Waals surface area contributed by atoms with Crippen molar-refractivity contribution in [3.05, 3.63) is 58.8 Å². The van der Waals surface area contributed by atoms with E-state index in [1.165, 1.54) is 12.0 Å². The highest BCUT2D eigenvalue weighted by Gasteiger charge is 2.33. The van der Waals surface area contributed by atoms with E-state index in [-0.39, 0.29) is 36.0 Å². The number of methoxy groups -OCH3 is 1. The number of halogens is 1. The van der Waals surface area contributed by atoms with Crippen LogP contribution < -0.4 is 5.32 Å². The van der Waals surface area contributed by atoms with Crippen molar-refractivity contribution in [3.63, 3.8) is 0 Å². The van der Waals surface area contributed by atoms with E-state index in [4.69, 9.17) is 4.74 Å². The fourth-order valence-corrected chi connectivity index (χ4v) is 3.55. The summed E-state index contributed by atoms with van der Waals surface area (Å²) in [5.41, 5.74) is 2.48. The molecular weight excluding hydrogens is 444 g/mol. The average molecular weight is 475 g/mol. The second-order valence-corrected chi connectivity index (χ2v) is 7.78. The maximum atomic E-state index is 12.7. The van der Waals surface area contributed by atoms with Gasteiger partial charge in [0.1, 0.15) is 11.5 Å². The van der Waals surface area contributed by atoms with Gasteiger partial charge < -0.3 is 14.6 Å². The Kier molecular flexibility index (Phi) is 9.66. The summed E-state index contributed by atoms with van der Waals surface area (Å²) in [5, 5.41) is 2.69. The van der Waals surface area contributed by atoms with Gasteiger partial charge in [-0.1, -0.05) is 38.8 Å². The maximum absolute atomic E-state index is 12.7. The molecule has 1 aliphatic heterocycles. The van der Waals surface area contributed by atoms with Crippen LogP contribution in [0.3, 0.4) is 0 Å². The number of amides is 3. The molecule has 9 heteroatoms. The molecule has 3 rings (SSSR count). The summed E-state index contributed by atoms with van der Waals surface area (Å²) in [4.78, 5) is 42.4. The normalized spacial score (nSPS) is 14.4. The number of rotatable bonds is 10. The Morgan fingerprint density at radius 2 is 1.82 bits per heavy atom. The molecule has 0 unspecified atom stereocenters. The molecule has 2 heterocycles. The minimum Gasteiger partial charge on any atom is -0.465 e. The Bertz CT molecular complexity index is 1010. The van der Waals surface area contributed by atoms with E-state index in [0.29, 0.717) is 18.7 Å². The number of hydrogen-bond donors (Lipinski definition) is 1. The highest BCUT2D eigenvalue weighted by molar-refractivity contribution is 6.13. The lowest BCUT2D eigenvalue weighted by Crippen LogP contribution is -2.31. The molecule has 1 N–H and O–H groups in total. The van der Waals surface area contributed by atoms with Crippen molar-refractivity contribution >= 4 is 36.4 Å². The lowest BCUT2D eigenvalue weighted by atomic mass is 10.1. The van der Waals surface area contributed by atoms with Gasteiger partial charge in [0.15, 0.2) is 0 Å². The number of ether oxygens (including phenoxy) is 1. The third kappa shape index (κ3) is 6.22. The molecular formula is C24H31ClN4O4. The fraction of sp³-hybridized carbons (Fsp3) is 0.417. The fourth-order valence-electron chi connectivity index (χ4n) is 3.55. The zero-order valence-corrected chi connectivity index (χ0v) is 20.1. The Hall–Kier alpha value is -3.13. The molecule has 1 aromatic carbocycles. The Labute approximate surface area is 200 Å². The largest absolute Gasteiger partial charge is 0.465 e. The van der Waals surface area contributed by atoms with Gasteiger partial charge in [-0.3, -0.25) is 9.69 Å². The summed E-state index contributed by atoms with van der Waals surface area (Å²) in [5.74, 6) is 0.223. The van der Waals surface area contributed by atoms with Crippen molar-refractivity contribution < 1.29 is 19.1 Å². The topological polar surface area (TPSA) is 93.5 Å². The first-order valence-corrected chi connectivity index (χ1v) is 11.0. The first kappa shape index (κ1) is 26.1. The zero-order chi connectivity index (χ0) is 23.1. The van der Waals surface area contributed by atoms with Gasteiger partial charge in [-0.25, -0.2) is 14.6 Å². The van der Waals surface area contributed by atoms with Crippen molar-refractivity contribution in [1.29, 1.82) is 0 Å². The molecule has 1 aromatic heterocycles. The van der Waals surface area contributed by atoms with Gasteiger partial charge in [-0.15, -0.1) is 12.4 Å². The predicted octanol–water partition coefficient (Wildman–Crippen LogP) is 4.18. The van der Waals surface area contributed by atoms with Crippen LogP contribution >= 0.6 is 12.4 Å². The smallest absolute Gasteiger partial charge is 0.337 e. The SMILES string of the molecule is CCCCc1ncc(C=C2NC(=O)N(CCCC)C2=O)n1Cc1ccc(C(=O)OC)cc1.Cl. The van der Waals surface area contributed by atoms with Crippen LogP contribution in [0, 0.1) is 0 Å². The summed E-state index contributed by atoms with van der Waals surface area (Å²) < 4.78 is 6.80. The van der Waals surface area contributed by atoms with Crippen LogP contribution in [0.2, 0.25) is 0 Å². The number of carbonyl (C=O) groups is 3. The molecule has 33 heavy (non-hydrogen) atoms. The van der Waals surface area contributed by atoms with Gasteiger partial charge in [0.25, 0.3) is 5.91 Å². The summed E-state index contributed by atoms with van der Waals surface area (Å²) in [6, 6.07) is 6.83. The second kappa shape index (κ2) is 12.2. The molecule has 0 saturated carbocycles. The highest BCUT2D eigenvalue weighted by Crippen LogP contribution is 2.19. The third-order valence-corrected chi connectivity index (χ3v) is 5.43. The summed E-state index contributed by atoms with van der Waals surface area (Å²) >= 11 is 0. The van der Waals surface area contributed by atoms with E-state index in [9.17, 15) is 14.4 Å². The van der Waals surface area contributed by atoms with Gasteiger partial charge in [-0.05, 0) is 36.6 Å². The summed E-state index contributed by atoms with van der Waals surface area (Å²) in [7, 11) is 1.36. The number of urea groups is 1. The van der Waals surface area contributed by atoms with Crippen molar-refractivity contribution in [3.8, 4) is 0 Å². The van der Waals surface area contributed by atoms with Crippen molar-refractivity contribution in [2.75, 3.05) is 13.7 Å². The third-order valence-electron chi connectivity index (χ3n) is 5.43. The van der Waals surface area contributed by atoms with E-state index in [1.54, 1.807) is 24.4 Å². The van der Waals surface area contributed by atoms with E-state index in [2.05, 4.69) is 17.2 Å². The molecule has 3 amide bonds. The van der Waals surface area contributed by atoms with E-state index in [0.717, 1.165) is 49.2 Å². The number of nitrogens with zero attached hydrogens (tertiary/aromatic N) is 3. The minimum absolute atomic E-state index is 0. The van der Waals surface area contributed by atoms with Crippen LogP contribution in [0.15, 0.2) is 36.2 Å². The molecule has 178 valence electrons. The number of aryl methyl sites for hydroxylation is 1. The van der Waals surface area contributed by atoms with E-state index >= 15 is 0 Å². The molecule has 8 nitrogen and oxygen atoms in total. The van der Waals surface area contributed by atoms with Crippen LogP contribution in [0.1, 0.15) is 67.0 Å². The first-order chi connectivity index (χ1) is 15.5. The summed E-state index contributed by atoms with van der Waals surface area (Å²) in [6.45, 7) is 5.08. The lowest BCUT2D eigenvalue weighted by Gasteiger charge is -2.12. The number of imidazole rings is 1. The van der Waals surface area contributed by atoms with E-state index in [1.807, 2.05) is 23.6 Å². The monoisotopic (exact) mass is 474 g/mol. The molecule has 2 aromatic rings. The zero-order valence-electron chi connectivity index (χ0n) is 19.3. The lowest BCUT2D eigenvalue weighted by molar-refractivity contribution is -0.122. The van der Waals surface area contributed by atoms with Gasteiger partial charge >= 0.3 is 12.0 Å². The number of hydrogen-bond acceptors (Lipinski definition) is 5. The molecule has 0 spiro atoms. The molecule has 0 radical (unpaired) electrons. The number of esters is 1. The Balaban J connectivity index is 0.00000385. The van der Waals surface area contributed by atoms with Crippen LogP contribution in [0.4, 0.5) is 4.79 Å². The Morgan fingerprint density at radius 1 is 1.12 bits per heavy atom. The molecule has 1 fully saturated rings. The Morgan fingerprint density at radius 3 is 2.45 bits per heavy atom. The second-order valence-electron chi connectivity index (χ2n) is 7.78. The van der Waals surface area contributed by atoms with Crippen LogP contribution in [0.25, 0.3) is 6.08 Å². The highest BCUT2D eigenvalue weighted by atomic mass is 35.5. The summed E-state index contributed by atoms with van der Waals surface area (Å²) in [6.07, 6.45) is 7.94. The van der Waals surface area contributed by atoms with Crippen LogP contribution in [-0.2, 0) is 22.5 Å². The molecule has 1 aliphatic rings. The van der Waals surface area contributed by atoms with Gasteiger partial charge in [0.2, 0.25) is 0 Å². The van der Waals surface area contributed by atoms with E-state index < -0.39 is 0 Å². The van der Waals surface area contributed by atoms with Crippen molar-refractivity contribution in [2.45, 2.75) is 52.5 Å². The first-order valence-electron chi connectivity index (χ1n) is 11.0. The number of nitrogens with one attached hydrogen (secondary N) is 1. The van der Waals surface area contributed by atoms with Crippen molar-refractivity contribution in [1.82, 2.24) is 19.8 Å². The maximum Gasteiger partial charge on any atom is 0.337 e. The number of aromatic nitrogens is 2.